The average Bonchev–Trinajstić information content (AvgIpc) is 2.53. The predicted octanol–water partition coefficient (Wildman–Crippen LogP) is 4.98. The van der Waals surface area contributed by atoms with Gasteiger partial charge in [-0.1, -0.05) is 30.3 Å². The van der Waals surface area contributed by atoms with Gasteiger partial charge in [0.25, 0.3) is 5.91 Å². The quantitative estimate of drug-likeness (QED) is 0.730. The van der Waals surface area contributed by atoms with Gasteiger partial charge in [-0.05, 0) is 37.1 Å². The van der Waals surface area contributed by atoms with Gasteiger partial charge in [-0.25, -0.2) is 0 Å². The molecule has 0 aliphatic carbocycles. The minimum Gasteiger partial charge on any atom is -0.483 e. The lowest BCUT2D eigenvalue weighted by atomic mass is 10.1. The van der Waals surface area contributed by atoms with E-state index >= 15 is 0 Å². The third-order valence-electron chi connectivity index (χ3n) is 3.31. The molecule has 0 aliphatic heterocycles. The molecule has 0 saturated carbocycles. The van der Waals surface area contributed by atoms with Crippen molar-refractivity contribution in [1.82, 2.24) is 0 Å². The van der Waals surface area contributed by atoms with Crippen molar-refractivity contribution >= 4 is 23.4 Å². The second-order valence-corrected chi connectivity index (χ2v) is 6.47. The molecule has 0 radical (unpaired) electrons. The Morgan fingerprint density at radius 3 is 2.36 bits per heavy atom. The first-order valence-electron chi connectivity index (χ1n) is 7.54. The number of halogens is 3. The highest BCUT2D eigenvalue weighted by atomic mass is 32.2. The zero-order valence-corrected chi connectivity index (χ0v) is 14.6. The Hall–Kier alpha value is -2.15. The molecule has 2 aromatic carbocycles. The van der Waals surface area contributed by atoms with Crippen LogP contribution < -0.4 is 10.1 Å². The zero-order valence-electron chi connectivity index (χ0n) is 13.8. The maximum atomic E-state index is 12.4. The van der Waals surface area contributed by atoms with E-state index in [0.29, 0.717) is 28.1 Å². The summed E-state index contributed by atoms with van der Waals surface area (Å²) in [7, 11) is 0. The minimum absolute atomic E-state index is 0.218. The first-order valence-corrected chi connectivity index (χ1v) is 8.52. The molecule has 0 saturated heterocycles. The Balaban J connectivity index is 1.99. The Labute approximate surface area is 148 Å². The Bertz CT molecular complexity index is 727. The van der Waals surface area contributed by atoms with Gasteiger partial charge in [0.05, 0.1) is 11.4 Å². The van der Waals surface area contributed by atoms with E-state index in [1.165, 1.54) is 0 Å². The van der Waals surface area contributed by atoms with Gasteiger partial charge >= 0.3 is 6.18 Å². The van der Waals surface area contributed by atoms with E-state index in [4.69, 9.17) is 4.74 Å². The average molecular weight is 369 g/mol. The molecular weight excluding hydrogens is 351 g/mol. The van der Waals surface area contributed by atoms with E-state index in [1.807, 2.05) is 32.0 Å². The molecule has 0 aliphatic rings. The molecule has 0 unspecified atom stereocenters. The molecule has 0 bridgehead atoms. The topological polar surface area (TPSA) is 38.3 Å². The fourth-order valence-corrected chi connectivity index (χ4v) is 2.97. The highest BCUT2D eigenvalue weighted by molar-refractivity contribution is 7.99. The number of anilines is 1. The highest BCUT2D eigenvalue weighted by Gasteiger charge is 2.27. The minimum atomic E-state index is -4.27. The standard InChI is InChI=1S/C18H18F3NO2S/c1-12-6-5-7-13(2)17(12)24-10-16(23)22-14-8-3-4-9-15(14)25-11-18(19,20)21/h3-9H,10-11H2,1-2H3,(H,22,23). The van der Waals surface area contributed by atoms with Crippen LogP contribution in [0.1, 0.15) is 11.1 Å². The van der Waals surface area contributed by atoms with Crippen LogP contribution in [0.4, 0.5) is 18.9 Å². The van der Waals surface area contributed by atoms with Crippen molar-refractivity contribution < 1.29 is 22.7 Å². The molecule has 7 heteroatoms. The summed E-state index contributed by atoms with van der Waals surface area (Å²) in [5.41, 5.74) is 2.16. The van der Waals surface area contributed by atoms with Gasteiger partial charge in [0.1, 0.15) is 5.75 Å². The number of nitrogens with one attached hydrogen (secondary N) is 1. The molecule has 25 heavy (non-hydrogen) atoms. The van der Waals surface area contributed by atoms with E-state index in [9.17, 15) is 18.0 Å². The number of thioether (sulfide) groups is 1. The van der Waals surface area contributed by atoms with Gasteiger partial charge < -0.3 is 10.1 Å². The summed E-state index contributed by atoms with van der Waals surface area (Å²) >= 11 is 0.635. The van der Waals surface area contributed by atoms with Gasteiger partial charge in [-0.3, -0.25) is 4.79 Å². The van der Waals surface area contributed by atoms with Crippen LogP contribution in [0.15, 0.2) is 47.4 Å². The second-order valence-electron chi connectivity index (χ2n) is 5.46. The molecule has 134 valence electrons. The van der Waals surface area contributed by atoms with Crippen molar-refractivity contribution in [3.05, 3.63) is 53.6 Å². The Morgan fingerprint density at radius 1 is 1.08 bits per heavy atom. The van der Waals surface area contributed by atoms with Crippen LogP contribution in [-0.2, 0) is 4.79 Å². The maximum absolute atomic E-state index is 12.4. The number of para-hydroxylation sites is 2. The van der Waals surface area contributed by atoms with Gasteiger partial charge in [0.15, 0.2) is 6.61 Å². The first kappa shape index (κ1) is 19.2. The van der Waals surface area contributed by atoms with Gasteiger partial charge in [-0.2, -0.15) is 13.2 Å². The lowest BCUT2D eigenvalue weighted by Gasteiger charge is -2.14. The normalized spacial score (nSPS) is 11.2. The number of alkyl halides is 3. The highest BCUT2D eigenvalue weighted by Crippen LogP contribution is 2.32. The molecule has 0 aromatic heterocycles. The lowest BCUT2D eigenvalue weighted by Crippen LogP contribution is -2.21. The molecule has 1 N–H and O–H groups in total. The number of hydrogen-bond donors (Lipinski definition) is 1. The Morgan fingerprint density at radius 2 is 1.72 bits per heavy atom. The van der Waals surface area contributed by atoms with Crippen LogP contribution in [0.25, 0.3) is 0 Å². The molecule has 0 spiro atoms. The molecule has 0 atom stereocenters. The molecule has 0 fully saturated rings. The molecule has 3 nitrogen and oxygen atoms in total. The van der Waals surface area contributed by atoms with Crippen molar-refractivity contribution in [2.75, 3.05) is 17.7 Å². The van der Waals surface area contributed by atoms with Gasteiger partial charge in [0, 0.05) is 4.90 Å². The van der Waals surface area contributed by atoms with Crippen LogP contribution in [0.2, 0.25) is 0 Å². The predicted molar refractivity (Wildman–Crippen MR) is 93.3 cm³/mol. The number of ether oxygens (including phenoxy) is 1. The fraction of sp³-hybridized carbons (Fsp3) is 0.278. The summed E-state index contributed by atoms with van der Waals surface area (Å²) in [6.45, 7) is 3.54. The summed E-state index contributed by atoms with van der Waals surface area (Å²) in [4.78, 5) is 12.5. The van der Waals surface area contributed by atoms with E-state index in [1.54, 1.807) is 24.3 Å². The van der Waals surface area contributed by atoms with Crippen molar-refractivity contribution in [2.45, 2.75) is 24.9 Å². The van der Waals surface area contributed by atoms with E-state index < -0.39 is 17.8 Å². The first-order chi connectivity index (χ1) is 11.8. The van der Waals surface area contributed by atoms with Crippen LogP contribution in [-0.4, -0.2) is 24.4 Å². The van der Waals surface area contributed by atoms with E-state index in [0.717, 1.165) is 11.1 Å². The van der Waals surface area contributed by atoms with Crippen LogP contribution in [0.3, 0.4) is 0 Å². The molecular formula is C18H18F3NO2S. The van der Waals surface area contributed by atoms with Crippen molar-refractivity contribution in [3.63, 3.8) is 0 Å². The summed E-state index contributed by atoms with van der Waals surface area (Å²) < 4.78 is 42.7. The SMILES string of the molecule is Cc1cccc(C)c1OCC(=O)Nc1ccccc1SCC(F)(F)F. The largest absolute Gasteiger partial charge is 0.483 e. The third-order valence-corrected chi connectivity index (χ3v) is 4.45. The zero-order chi connectivity index (χ0) is 18.4. The van der Waals surface area contributed by atoms with E-state index in [-0.39, 0.29) is 6.61 Å². The molecule has 0 heterocycles. The number of benzene rings is 2. The molecule has 1 amide bonds. The van der Waals surface area contributed by atoms with Crippen molar-refractivity contribution in [3.8, 4) is 5.75 Å². The van der Waals surface area contributed by atoms with Gasteiger partial charge in [0.2, 0.25) is 0 Å². The smallest absolute Gasteiger partial charge is 0.398 e. The number of rotatable bonds is 6. The maximum Gasteiger partial charge on any atom is 0.398 e. The Kier molecular flexibility index (Phi) is 6.36. The molecule has 2 aromatic rings. The summed E-state index contributed by atoms with van der Waals surface area (Å²) in [5.74, 6) is -0.807. The summed E-state index contributed by atoms with van der Waals surface area (Å²) in [6, 6.07) is 12.0. The summed E-state index contributed by atoms with van der Waals surface area (Å²) in [5, 5.41) is 2.60. The monoisotopic (exact) mass is 369 g/mol. The number of carbonyl (C=O) groups excluding carboxylic acids is 1. The van der Waals surface area contributed by atoms with Crippen LogP contribution in [0, 0.1) is 13.8 Å². The van der Waals surface area contributed by atoms with Crippen molar-refractivity contribution in [1.29, 1.82) is 0 Å². The van der Waals surface area contributed by atoms with Crippen molar-refractivity contribution in [2.24, 2.45) is 0 Å². The van der Waals surface area contributed by atoms with Crippen LogP contribution in [0.5, 0.6) is 5.75 Å². The number of carbonyl (C=O) groups is 1. The number of amides is 1. The lowest BCUT2D eigenvalue weighted by molar-refractivity contribution is -0.118. The number of hydrogen-bond acceptors (Lipinski definition) is 3. The molecule has 2 rings (SSSR count). The summed E-state index contributed by atoms with van der Waals surface area (Å²) in [6.07, 6.45) is -4.27. The van der Waals surface area contributed by atoms with E-state index in [2.05, 4.69) is 5.32 Å². The van der Waals surface area contributed by atoms with Crippen LogP contribution >= 0.6 is 11.8 Å². The fourth-order valence-electron chi connectivity index (χ4n) is 2.21. The second kappa shape index (κ2) is 8.29. The number of aryl methyl sites for hydroxylation is 2. The van der Waals surface area contributed by atoms with Gasteiger partial charge in [-0.15, -0.1) is 11.8 Å². The third kappa shape index (κ3) is 6.01.